The molecule has 0 aliphatic carbocycles. The van der Waals surface area contributed by atoms with Crippen LogP contribution in [0.3, 0.4) is 0 Å². The van der Waals surface area contributed by atoms with Crippen molar-refractivity contribution in [1.29, 1.82) is 0 Å². The van der Waals surface area contributed by atoms with Gasteiger partial charge < -0.3 is 34.9 Å². The summed E-state index contributed by atoms with van der Waals surface area (Å²) in [5.41, 5.74) is 2.53. The van der Waals surface area contributed by atoms with Crippen molar-refractivity contribution in [3.05, 3.63) is 112 Å². The molecule has 0 radical (unpaired) electrons. The summed E-state index contributed by atoms with van der Waals surface area (Å²) in [6.07, 6.45) is 3.82. The summed E-state index contributed by atoms with van der Waals surface area (Å²) >= 11 is 0. The number of aromatic nitrogens is 4. The predicted molar refractivity (Wildman–Crippen MR) is 280 cm³/mol. The zero-order chi connectivity index (χ0) is 54.1. The normalized spacial score (nSPS) is 19.7. The Kier molecular flexibility index (Phi) is 16.3. The fourth-order valence-corrected chi connectivity index (χ4v) is 11.7. The minimum absolute atomic E-state index is 0.0659. The van der Waals surface area contributed by atoms with Crippen LogP contribution in [0.1, 0.15) is 119 Å². The van der Waals surface area contributed by atoms with Gasteiger partial charge in [0.25, 0.3) is 0 Å². The molecule has 3 aliphatic heterocycles. The van der Waals surface area contributed by atoms with Gasteiger partial charge in [-0.15, -0.1) is 0 Å². The Balaban J connectivity index is 1.11. The fourth-order valence-electron chi connectivity index (χ4n) is 11.7. The highest BCUT2D eigenvalue weighted by Crippen LogP contribution is 2.50. The molecule has 0 spiro atoms. The van der Waals surface area contributed by atoms with Crippen LogP contribution in [-0.2, 0) is 30.6 Å². The van der Waals surface area contributed by atoms with Crippen LogP contribution in [-0.4, -0.2) is 108 Å². The number of carbonyl (C=O) groups excluding carboxylic acids is 3. The van der Waals surface area contributed by atoms with E-state index in [1.165, 1.54) is 48.4 Å². The molecule has 9 rings (SSSR count). The molecule has 0 bridgehead atoms. The number of esters is 1. The minimum atomic E-state index is -0.916. The minimum Gasteiger partial charge on any atom is -0.442 e. The zero-order valence-electron chi connectivity index (χ0n) is 44.0. The molecule has 3 fully saturated rings. The molecular weight excluding hydrogens is 988 g/mol. The Morgan fingerprint density at radius 1 is 0.829 bits per heavy atom. The van der Waals surface area contributed by atoms with Gasteiger partial charge in [0.2, 0.25) is 18.3 Å². The summed E-state index contributed by atoms with van der Waals surface area (Å²) in [4.78, 5) is 58.5. The van der Waals surface area contributed by atoms with E-state index in [0.717, 1.165) is 24.9 Å². The van der Waals surface area contributed by atoms with E-state index in [4.69, 9.17) is 14.5 Å². The van der Waals surface area contributed by atoms with Crippen molar-refractivity contribution in [2.75, 3.05) is 62.1 Å². The number of carbonyl (C=O) groups is 3. The molecule has 2 amide bonds. The van der Waals surface area contributed by atoms with Crippen molar-refractivity contribution < 1.29 is 45.8 Å². The molecule has 2 aromatic heterocycles. The van der Waals surface area contributed by atoms with Crippen LogP contribution in [0.2, 0.25) is 0 Å². The van der Waals surface area contributed by atoms with E-state index < -0.39 is 59.5 Å². The van der Waals surface area contributed by atoms with Gasteiger partial charge in [-0.1, -0.05) is 32.9 Å². The molecule has 0 saturated carbocycles. The topological polar surface area (TPSA) is 153 Å². The van der Waals surface area contributed by atoms with Gasteiger partial charge in [-0.05, 0) is 126 Å². The zero-order valence-corrected chi connectivity index (χ0v) is 44.0. The number of benzene rings is 4. The standard InChI is InChI=1S/C56H67F5N10O5/c1-8-19-69(54(73)51(62-5)32(4)75-7)56-65-43-25-37(39(58)27-44(43)66-56)46-15-16-47(71(46)36-23-41(60)52(42(61)24-36)68-21-17-34(18-22-68)33-11-13-35(57)14-12-33)38-26-45-49(28-40(38)59)70(53(64-45)48-10-9-20-67(48)6)30-76-55(74)50(31(2)3)63-29-72/h11-14,23-29,31-32,34,46-48,50-51,62H,8-10,15-22,30H2,1-7H3,(H,63,72)(H,65,66)/t32?,46?,47-,48?,50?,51?/m1/s1. The Bertz CT molecular complexity index is 3050. The smallest absolute Gasteiger partial charge is 0.330 e. The van der Waals surface area contributed by atoms with Crippen LogP contribution < -0.4 is 25.3 Å². The fraction of sp³-hybridized carbons (Fsp3) is 0.482. The number of ether oxygens (including phenoxy) is 2. The second-order valence-corrected chi connectivity index (χ2v) is 20.7. The van der Waals surface area contributed by atoms with Crippen molar-refractivity contribution in [3.8, 4) is 0 Å². The van der Waals surface area contributed by atoms with Crippen LogP contribution >= 0.6 is 0 Å². The van der Waals surface area contributed by atoms with E-state index in [2.05, 4.69) is 25.5 Å². The lowest BCUT2D eigenvalue weighted by Crippen LogP contribution is -2.52. The van der Waals surface area contributed by atoms with Gasteiger partial charge in [0.1, 0.15) is 41.0 Å². The Morgan fingerprint density at radius 2 is 1.50 bits per heavy atom. The third kappa shape index (κ3) is 10.6. The number of rotatable bonds is 19. The number of fused-ring (bicyclic) bond motifs is 2. The summed E-state index contributed by atoms with van der Waals surface area (Å²) in [6, 6.07) is 11.0. The average molecular weight is 1060 g/mol. The molecule has 15 nitrogen and oxygen atoms in total. The molecule has 6 atom stereocenters. The Hall–Kier alpha value is -6.64. The number of likely N-dealkylation sites (N-methyl/N-ethyl adjacent to an activating group) is 1. The summed E-state index contributed by atoms with van der Waals surface area (Å²) < 4.78 is 94.7. The molecule has 4 aromatic carbocycles. The first-order valence-electron chi connectivity index (χ1n) is 26.3. The number of likely N-dealkylation sites (tertiary alicyclic amines) is 1. The van der Waals surface area contributed by atoms with Crippen molar-refractivity contribution in [2.24, 2.45) is 5.92 Å². The van der Waals surface area contributed by atoms with Crippen molar-refractivity contribution in [2.45, 2.75) is 122 Å². The van der Waals surface area contributed by atoms with Crippen molar-refractivity contribution in [1.82, 2.24) is 35.1 Å². The van der Waals surface area contributed by atoms with E-state index >= 15 is 17.6 Å². The molecule has 3 saturated heterocycles. The molecule has 406 valence electrons. The molecule has 3 N–H and O–H groups in total. The number of hydrogen-bond donors (Lipinski definition) is 3. The summed E-state index contributed by atoms with van der Waals surface area (Å²) in [7, 11) is 5.14. The summed E-state index contributed by atoms with van der Waals surface area (Å²) in [5.74, 6) is -3.74. The largest absolute Gasteiger partial charge is 0.442 e. The van der Waals surface area contributed by atoms with E-state index in [1.807, 2.05) is 14.0 Å². The van der Waals surface area contributed by atoms with E-state index in [0.29, 0.717) is 67.7 Å². The average Bonchev–Trinajstić information content (AvgIpc) is 4.22. The van der Waals surface area contributed by atoms with E-state index in [1.54, 1.807) is 66.5 Å². The lowest BCUT2D eigenvalue weighted by molar-refractivity contribution is -0.152. The molecule has 20 heteroatoms. The van der Waals surface area contributed by atoms with Gasteiger partial charge in [0.15, 0.2) is 18.4 Å². The third-order valence-electron chi connectivity index (χ3n) is 15.7. The number of aromatic amines is 1. The molecule has 5 heterocycles. The van der Waals surface area contributed by atoms with E-state index in [9.17, 15) is 18.8 Å². The van der Waals surface area contributed by atoms with Crippen molar-refractivity contribution in [3.63, 3.8) is 0 Å². The maximum absolute atomic E-state index is 17.3. The predicted octanol–water partition coefficient (Wildman–Crippen LogP) is 9.48. The molecule has 6 aromatic rings. The maximum Gasteiger partial charge on any atom is 0.330 e. The quantitative estimate of drug-likeness (QED) is 0.0404. The second kappa shape index (κ2) is 22.9. The maximum atomic E-state index is 17.3. The number of anilines is 3. The van der Waals surface area contributed by atoms with Gasteiger partial charge in [0.05, 0.1) is 46.3 Å². The number of piperidine rings is 1. The number of halogens is 5. The molecule has 3 aliphatic rings. The van der Waals surface area contributed by atoms with Gasteiger partial charge in [-0.3, -0.25) is 24.0 Å². The third-order valence-corrected chi connectivity index (χ3v) is 15.7. The number of amides is 2. The SMILES string of the molecule is CCCN(C(=O)C(NC)C(C)OC)c1nc2cc(F)c(C3CC[C@H](c4cc5nc(C6CCCN6C)n(COC(=O)C(NC=O)C(C)C)c5cc4F)N3c3cc(F)c(N4CCC(c5ccc(F)cc5)CC4)c(F)c3)cc2[nH]1. The van der Waals surface area contributed by atoms with Gasteiger partial charge >= 0.3 is 5.97 Å². The lowest BCUT2D eigenvalue weighted by atomic mass is 9.89. The lowest BCUT2D eigenvalue weighted by Gasteiger charge is -2.36. The first-order valence-corrected chi connectivity index (χ1v) is 26.3. The van der Waals surface area contributed by atoms with Gasteiger partial charge in [0, 0.05) is 55.7 Å². The van der Waals surface area contributed by atoms with Crippen LogP contribution in [0.25, 0.3) is 22.1 Å². The number of imidazole rings is 2. The second-order valence-electron chi connectivity index (χ2n) is 20.7. The Morgan fingerprint density at radius 3 is 2.11 bits per heavy atom. The van der Waals surface area contributed by atoms with Crippen LogP contribution in [0.4, 0.5) is 39.3 Å². The number of H-pyrrole nitrogens is 1. The molecule has 76 heavy (non-hydrogen) atoms. The summed E-state index contributed by atoms with van der Waals surface area (Å²) in [5, 5.41) is 5.54. The van der Waals surface area contributed by atoms with E-state index in [-0.39, 0.29) is 83.1 Å². The first-order chi connectivity index (χ1) is 36.5. The number of nitrogens with zero attached hydrogens (tertiary/aromatic N) is 7. The van der Waals surface area contributed by atoms with Crippen LogP contribution in [0.15, 0.2) is 60.7 Å². The summed E-state index contributed by atoms with van der Waals surface area (Å²) in [6.45, 7) is 8.70. The number of methoxy groups -OCH3 is 1. The number of nitrogens with one attached hydrogen (secondary N) is 3. The van der Waals surface area contributed by atoms with Gasteiger partial charge in [-0.25, -0.2) is 36.7 Å². The van der Waals surface area contributed by atoms with Gasteiger partial charge in [-0.2, -0.15) is 0 Å². The molecule has 5 unspecified atom stereocenters. The molecular formula is C56H67F5N10O5. The van der Waals surface area contributed by atoms with Crippen molar-refractivity contribution >= 4 is 57.7 Å². The number of hydrogen-bond acceptors (Lipinski definition) is 11. The highest BCUT2D eigenvalue weighted by molar-refractivity contribution is 5.97. The monoisotopic (exact) mass is 1050 g/mol. The highest BCUT2D eigenvalue weighted by atomic mass is 19.1. The first kappa shape index (κ1) is 54.2. The van der Waals surface area contributed by atoms with Crippen LogP contribution in [0, 0.1) is 35.0 Å². The highest BCUT2D eigenvalue weighted by Gasteiger charge is 2.41. The van der Waals surface area contributed by atoms with Crippen LogP contribution in [0.5, 0.6) is 0 Å². The Labute approximate surface area is 439 Å².